The van der Waals surface area contributed by atoms with Crippen molar-refractivity contribution in [3.8, 4) is 0 Å². The second kappa shape index (κ2) is 21.5. The number of anilines is 2. The maximum Gasteiger partial charge on any atom is 0.300 e. The molecule has 0 aliphatic carbocycles. The number of ketones is 2. The van der Waals surface area contributed by atoms with Crippen LogP contribution in [0, 0.1) is 13.8 Å². The molecule has 0 radical (unpaired) electrons. The Hall–Kier alpha value is -7.81. The van der Waals surface area contributed by atoms with Gasteiger partial charge in [0, 0.05) is 33.6 Å². The summed E-state index contributed by atoms with van der Waals surface area (Å²) in [5.74, 6) is -3.27. The summed E-state index contributed by atoms with van der Waals surface area (Å²) in [4.78, 5) is 66.2. The summed E-state index contributed by atoms with van der Waals surface area (Å²) in [5, 5.41) is 37.4. The van der Waals surface area contributed by atoms with Crippen LogP contribution in [0.4, 0.5) is 11.4 Å². The van der Waals surface area contributed by atoms with Gasteiger partial charge in [-0.15, -0.1) is 0 Å². The first-order valence-corrected chi connectivity index (χ1v) is 21.4. The quantitative estimate of drug-likeness (QED) is 0.0475. The molecule has 3 saturated heterocycles. The lowest BCUT2D eigenvalue weighted by atomic mass is 9.95. The van der Waals surface area contributed by atoms with Gasteiger partial charge in [-0.2, -0.15) is 0 Å². The van der Waals surface area contributed by atoms with E-state index in [-0.39, 0.29) is 35.9 Å². The van der Waals surface area contributed by atoms with Crippen molar-refractivity contribution in [3.05, 3.63) is 213 Å². The fraction of sp³-hybridized carbons (Fsp3) is 0.167. The van der Waals surface area contributed by atoms with Crippen molar-refractivity contribution in [2.45, 2.75) is 32.2 Å². The lowest BCUT2D eigenvalue weighted by Gasteiger charge is -2.25. The van der Waals surface area contributed by atoms with E-state index in [1.54, 1.807) is 60.7 Å². The first-order valence-electron chi connectivity index (χ1n) is 21.4. The zero-order chi connectivity index (χ0) is 47.6. The van der Waals surface area contributed by atoms with Gasteiger partial charge in [0.1, 0.15) is 17.8 Å². The van der Waals surface area contributed by atoms with Crippen LogP contribution in [0.15, 0.2) is 169 Å². The molecule has 13 heteroatoms. The first kappa shape index (κ1) is 47.2. The topological polar surface area (TPSA) is 191 Å². The predicted octanol–water partition coefficient (Wildman–Crippen LogP) is 8.07. The number of aliphatic hydroxyl groups is 4. The molecule has 3 aliphatic heterocycles. The van der Waals surface area contributed by atoms with Crippen LogP contribution >= 0.6 is 0 Å². The molecule has 3 heterocycles. The van der Waals surface area contributed by atoms with E-state index >= 15 is 0 Å². The number of hydrogen-bond donors (Lipinski definition) is 4. The summed E-state index contributed by atoms with van der Waals surface area (Å²) in [6, 6.07) is 44.7. The Morgan fingerprint density at radius 3 is 1.25 bits per heavy atom. The van der Waals surface area contributed by atoms with Gasteiger partial charge >= 0.3 is 0 Å². The van der Waals surface area contributed by atoms with E-state index in [0.717, 1.165) is 22.3 Å². The molecule has 2 unspecified atom stereocenters. The number of aldehydes is 1. The van der Waals surface area contributed by atoms with Crippen molar-refractivity contribution < 1.29 is 53.9 Å². The largest absolute Gasteiger partial charge is 0.507 e. The highest BCUT2D eigenvalue weighted by Gasteiger charge is 2.48. The highest BCUT2D eigenvalue weighted by Crippen LogP contribution is 2.44. The van der Waals surface area contributed by atoms with E-state index in [0.29, 0.717) is 53.1 Å². The number of aryl methyl sites for hydroxylation is 2. The first-order chi connectivity index (χ1) is 32.5. The average Bonchev–Trinajstić information content (AvgIpc) is 4.08. The summed E-state index contributed by atoms with van der Waals surface area (Å²) in [6.45, 7) is 4.69. The number of carbonyl (C=O) groups is 5. The molecule has 2 amide bonds. The van der Waals surface area contributed by atoms with E-state index in [1.165, 1.54) is 9.80 Å². The third-order valence-electron chi connectivity index (χ3n) is 11.2. The summed E-state index contributed by atoms with van der Waals surface area (Å²) in [5.41, 5.74) is 6.87. The highest BCUT2D eigenvalue weighted by molar-refractivity contribution is 6.52. The molecule has 3 fully saturated rings. The standard InChI is InChI=1S/C27H23NO5.C25H19NO4.C2H6O2/c1-17-7-9-19(10-8-17)24(29)22-23(18-5-3-2-4-6-18)28(26(31)25(22)30)21-13-11-20(12-14-21)27-32-15-16-33-27;1-16-7-11-19(12-8-16)23(28)21-22(18-5-3-2-4-6-18)26(25(30)24(21)29)20-13-9-17(15-27)10-14-20;3-1-2-4/h2-14,23,27,29H,15-16H2,1H3;2-15,22,28H,1H3;3-4H,1-2H2. The van der Waals surface area contributed by atoms with Gasteiger partial charge < -0.3 is 29.9 Å². The Bertz CT molecular complexity index is 2780. The van der Waals surface area contributed by atoms with Gasteiger partial charge in [-0.3, -0.25) is 33.8 Å². The molecule has 6 aromatic carbocycles. The Kier molecular flexibility index (Phi) is 15.1. The number of hydrogen-bond acceptors (Lipinski definition) is 11. The molecule has 340 valence electrons. The lowest BCUT2D eigenvalue weighted by Crippen LogP contribution is -2.29. The van der Waals surface area contributed by atoms with Gasteiger partial charge in [0.2, 0.25) is 0 Å². The molecule has 0 spiro atoms. The smallest absolute Gasteiger partial charge is 0.300 e. The molecular weight excluding hydrogens is 853 g/mol. The molecule has 0 saturated carbocycles. The minimum atomic E-state index is -0.783. The van der Waals surface area contributed by atoms with E-state index in [4.69, 9.17) is 19.7 Å². The Morgan fingerprint density at radius 1 is 0.522 bits per heavy atom. The molecule has 0 bridgehead atoms. The highest BCUT2D eigenvalue weighted by atomic mass is 16.7. The van der Waals surface area contributed by atoms with Gasteiger partial charge in [0.05, 0.1) is 49.7 Å². The minimum absolute atomic E-state index is 0.0366. The monoisotopic (exact) mass is 900 g/mol. The van der Waals surface area contributed by atoms with Crippen LogP contribution in [-0.4, -0.2) is 76.5 Å². The Morgan fingerprint density at radius 2 is 0.896 bits per heavy atom. The Balaban J connectivity index is 0.000000185. The molecule has 13 nitrogen and oxygen atoms in total. The number of ether oxygens (including phenoxy) is 2. The summed E-state index contributed by atoms with van der Waals surface area (Å²) in [7, 11) is 0. The van der Waals surface area contributed by atoms with Crippen molar-refractivity contribution in [1.82, 2.24) is 0 Å². The third kappa shape index (κ3) is 10.2. The Labute approximate surface area is 387 Å². The molecule has 9 rings (SSSR count). The summed E-state index contributed by atoms with van der Waals surface area (Å²) in [6.07, 6.45) is 0.283. The van der Waals surface area contributed by atoms with Crippen LogP contribution in [-0.2, 0) is 28.7 Å². The van der Waals surface area contributed by atoms with Gasteiger partial charge in [-0.05, 0) is 61.4 Å². The van der Waals surface area contributed by atoms with Crippen molar-refractivity contribution >= 4 is 52.6 Å². The SMILES string of the molecule is Cc1ccc(C(O)=C2C(=O)C(=O)N(c3ccc(C4OCCO4)cc3)C2c2ccccc2)cc1.Cc1ccc(C(O)=C2C(=O)C(=O)N(c3ccc(C=O)cc3)C2c2ccccc2)cc1.OCCO. The molecule has 67 heavy (non-hydrogen) atoms. The molecule has 2 atom stereocenters. The zero-order valence-electron chi connectivity index (χ0n) is 36.7. The number of benzene rings is 6. The van der Waals surface area contributed by atoms with Gasteiger partial charge in [0.25, 0.3) is 23.4 Å². The van der Waals surface area contributed by atoms with Gasteiger partial charge in [-0.1, -0.05) is 132 Å². The molecular formula is C54H48N2O11. The third-order valence-corrected chi connectivity index (χ3v) is 11.2. The van der Waals surface area contributed by atoms with E-state index in [2.05, 4.69) is 0 Å². The van der Waals surface area contributed by atoms with E-state index in [9.17, 15) is 34.2 Å². The summed E-state index contributed by atoms with van der Waals surface area (Å²) >= 11 is 0. The fourth-order valence-corrected chi connectivity index (χ4v) is 7.89. The number of Topliss-reactive ketones (excluding diaryl/α,β-unsaturated/α-hetero) is 2. The molecule has 4 N–H and O–H groups in total. The maximum atomic E-state index is 13.2. The summed E-state index contributed by atoms with van der Waals surface area (Å²) < 4.78 is 11.1. The van der Waals surface area contributed by atoms with Gasteiger partial charge in [-0.25, -0.2) is 0 Å². The van der Waals surface area contributed by atoms with Crippen molar-refractivity contribution in [3.63, 3.8) is 0 Å². The second-order valence-corrected chi connectivity index (χ2v) is 15.7. The second-order valence-electron chi connectivity index (χ2n) is 15.7. The van der Waals surface area contributed by atoms with Crippen LogP contribution in [0.5, 0.6) is 0 Å². The molecule has 0 aromatic heterocycles. The van der Waals surface area contributed by atoms with E-state index in [1.807, 2.05) is 111 Å². The zero-order valence-corrected chi connectivity index (χ0v) is 36.7. The number of aliphatic hydroxyl groups excluding tert-OH is 4. The van der Waals surface area contributed by atoms with Gasteiger partial charge in [0.15, 0.2) is 6.29 Å². The molecule has 3 aliphatic rings. The minimum Gasteiger partial charge on any atom is -0.507 e. The number of nitrogens with zero attached hydrogens (tertiary/aromatic N) is 2. The number of rotatable bonds is 9. The van der Waals surface area contributed by atoms with Crippen LogP contribution < -0.4 is 9.80 Å². The average molecular weight is 901 g/mol. The van der Waals surface area contributed by atoms with Crippen molar-refractivity contribution in [1.29, 1.82) is 0 Å². The van der Waals surface area contributed by atoms with Crippen LogP contribution in [0.1, 0.15) is 67.7 Å². The van der Waals surface area contributed by atoms with E-state index < -0.39 is 41.8 Å². The predicted molar refractivity (Wildman–Crippen MR) is 252 cm³/mol. The van der Waals surface area contributed by atoms with Crippen molar-refractivity contribution in [2.24, 2.45) is 0 Å². The normalized spacial score (nSPS) is 18.6. The maximum absolute atomic E-state index is 13.2. The van der Waals surface area contributed by atoms with Crippen LogP contribution in [0.2, 0.25) is 0 Å². The van der Waals surface area contributed by atoms with Crippen LogP contribution in [0.3, 0.4) is 0 Å². The number of carbonyl (C=O) groups excluding carboxylic acids is 5. The van der Waals surface area contributed by atoms with Crippen molar-refractivity contribution in [2.75, 3.05) is 36.2 Å². The van der Waals surface area contributed by atoms with Crippen LogP contribution in [0.25, 0.3) is 11.5 Å². The molecule has 6 aromatic rings. The number of amides is 2. The lowest BCUT2D eigenvalue weighted by molar-refractivity contribution is -0.132. The fourth-order valence-electron chi connectivity index (χ4n) is 7.89.